The van der Waals surface area contributed by atoms with Gasteiger partial charge in [0.2, 0.25) is 0 Å². The van der Waals surface area contributed by atoms with Gasteiger partial charge in [0.25, 0.3) is 0 Å². The van der Waals surface area contributed by atoms with E-state index in [2.05, 4.69) is 0 Å². The van der Waals surface area contributed by atoms with E-state index in [0.29, 0.717) is 12.8 Å². The monoisotopic (exact) mass is 170 g/mol. The number of carbonyl (C=O) groups excluding carboxylic acids is 1. The zero-order chi connectivity index (χ0) is 9.35. The van der Waals surface area contributed by atoms with Crippen molar-refractivity contribution < 1.29 is 14.7 Å². The van der Waals surface area contributed by atoms with Crippen LogP contribution in [0.5, 0.6) is 0 Å². The number of hydrogen-bond acceptors (Lipinski definition) is 2. The van der Waals surface area contributed by atoms with Crippen molar-refractivity contribution in [1.29, 1.82) is 0 Å². The van der Waals surface area contributed by atoms with Crippen molar-refractivity contribution in [2.45, 2.75) is 26.7 Å². The molecule has 1 aliphatic carbocycles. The van der Waals surface area contributed by atoms with E-state index in [1.807, 2.05) is 13.8 Å². The molecule has 0 spiro atoms. The average molecular weight is 170 g/mol. The first kappa shape index (κ1) is 9.23. The third-order valence-electron chi connectivity index (χ3n) is 2.91. The zero-order valence-electron chi connectivity index (χ0n) is 7.41. The summed E-state index contributed by atoms with van der Waals surface area (Å²) in [7, 11) is 0. The topological polar surface area (TPSA) is 54.4 Å². The second-order valence-electron chi connectivity index (χ2n) is 3.99. The van der Waals surface area contributed by atoms with Crippen molar-refractivity contribution in [3.8, 4) is 0 Å². The van der Waals surface area contributed by atoms with Crippen molar-refractivity contribution in [2.24, 2.45) is 17.3 Å². The molecule has 0 aliphatic heterocycles. The summed E-state index contributed by atoms with van der Waals surface area (Å²) in [4.78, 5) is 20.7. The van der Waals surface area contributed by atoms with Gasteiger partial charge in [-0.2, -0.15) is 0 Å². The summed E-state index contributed by atoms with van der Waals surface area (Å²) in [5.74, 6) is -0.770. The first-order valence-corrected chi connectivity index (χ1v) is 4.18. The molecular formula is C9H14O3. The maximum Gasteiger partial charge on any atom is 0.307 e. The van der Waals surface area contributed by atoms with Crippen molar-refractivity contribution in [3.05, 3.63) is 0 Å². The molecule has 1 N–H and O–H groups in total. The predicted molar refractivity (Wildman–Crippen MR) is 43.7 cm³/mol. The fourth-order valence-corrected chi connectivity index (χ4v) is 2.02. The first-order valence-electron chi connectivity index (χ1n) is 4.18. The van der Waals surface area contributed by atoms with Gasteiger partial charge in [-0.3, -0.25) is 4.79 Å². The molecule has 68 valence electrons. The van der Waals surface area contributed by atoms with Gasteiger partial charge in [0, 0.05) is 6.42 Å². The van der Waals surface area contributed by atoms with Crippen LogP contribution in [0.2, 0.25) is 0 Å². The van der Waals surface area contributed by atoms with Gasteiger partial charge in [-0.05, 0) is 17.8 Å². The van der Waals surface area contributed by atoms with E-state index < -0.39 is 5.97 Å². The quantitative estimate of drug-likeness (QED) is 0.647. The van der Waals surface area contributed by atoms with E-state index in [9.17, 15) is 9.59 Å². The molecule has 0 aromatic rings. The highest BCUT2D eigenvalue weighted by Gasteiger charge is 2.61. The van der Waals surface area contributed by atoms with Crippen LogP contribution in [0.1, 0.15) is 26.7 Å². The molecular weight excluding hydrogens is 156 g/mol. The van der Waals surface area contributed by atoms with Gasteiger partial charge < -0.3 is 9.90 Å². The number of aldehydes is 1. The van der Waals surface area contributed by atoms with Gasteiger partial charge >= 0.3 is 5.97 Å². The summed E-state index contributed by atoms with van der Waals surface area (Å²) in [5, 5.41) is 8.77. The molecule has 0 aromatic carbocycles. The fourth-order valence-electron chi connectivity index (χ4n) is 2.02. The third kappa shape index (κ3) is 1.36. The number of rotatable bonds is 4. The molecule has 0 radical (unpaired) electrons. The smallest absolute Gasteiger partial charge is 0.307 e. The maximum atomic E-state index is 10.7. The van der Waals surface area contributed by atoms with Gasteiger partial charge in [0.05, 0.1) is 5.92 Å². The van der Waals surface area contributed by atoms with Gasteiger partial charge in [-0.1, -0.05) is 13.8 Å². The van der Waals surface area contributed by atoms with Gasteiger partial charge in [-0.25, -0.2) is 0 Å². The Balaban J connectivity index is 2.48. The van der Waals surface area contributed by atoms with E-state index in [0.717, 1.165) is 6.29 Å². The molecule has 1 rings (SSSR count). The number of carboxylic acids is 1. The largest absolute Gasteiger partial charge is 0.481 e. The molecule has 3 heteroatoms. The second kappa shape index (κ2) is 2.88. The van der Waals surface area contributed by atoms with E-state index in [1.165, 1.54) is 0 Å². The van der Waals surface area contributed by atoms with Crippen molar-refractivity contribution in [3.63, 3.8) is 0 Å². The van der Waals surface area contributed by atoms with Gasteiger partial charge in [0.15, 0.2) is 0 Å². The Bertz CT molecular complexity index is 208. The Morgan fingerprint density at radius 2 is 2.17 bits per heavy atom. The number of hydrogen-bond donors (Lipinski definition) is 1. The number of aliphatic carboxylic acids is 1. The lowest BCUT2D eigenvalue weighted by Gasteiger charge is -1.97. The standard InChI is InChI=1S/C9H14O3/c1-9(2)6(4-3-5-10)7(9)8(11)12/h5-7H,3-4H2,1-2H3,(H,11,12)/t6-,7+/m1/s1. The van der Waals surface area contributed by atoms with Gasteiger partial charge in [-0.15, -0.1) is 0 Å². The minimum atomic E-state index is -0.726. The SMILES string of the molecule is CC1(C)[C@H](CCC=O)[C@H]1C(=O)O. The van der Waals surface area contributed by atoms with Crippen LogP contribution >= 0.6 is 0 Å². The van der Waals surface area contributed by atoms with Crippen LogP contribution in [0, 0.1) is 17.3 Å². The molecule has 1 saturated carbocycles. The summed E-state index contributed by atoms with van der Waals surface area (Å²) >= 11 is 0. The van der Waals surface area contributed by atoms with Crippen molar-refractivity contribution in [2.75, 3.05) is 0 Å². The molecule has 0 heterocycles. The summed E-state index contributed by atoms with van der Waals surface area (Å²) in [5.41, 5.74) is -0.102. The fraction of sp³-hybridized carbons (Fsp3) is 0.778. The molecule has 1 fully saturated rings. The lowest BCUT2D eigenvalue weighted by atomic mass is 10.1. The maximum absolute atomic E-state index is 10.7. The predicted octanol–water partition coefficient (Wildman–Crippen LogP) is 1.32. The molecule has 3 nitrogen and oxygen atoms in total. The molecule has 0 bridgehead atoms. The Labute approximate surface area is 71.8 Å². The Kier molecular flexibility index (Phi) is 2.22. The van der Waals surface area contributed by atoms with Crippen LogP contribution in [0.4, 0.5) is 0 Å². The van der Waals surface area contributed by atoms with Gasteiger partial charge in [0.1, 0.15) is 6.29 Å². The van der Waals surface area contributed by atoms with Crippen molar-refractivity contribution in [1.82, 2.24) is 0 Å². The first-order chi connectivity index (χ1) is 5.51. The second-order valence-corrected chi connectivity index (χ2v) is 3.99. The number of carboxylic acid groups (broad SMARTS) is 1. The van der Waals surface area contributed by atoms with Crippen LogP contribution in [0.25, 0.3) is 0 Å². The molecule has 12 heavy (non-hydrogen) atoms. The Morgan fingerprint density at radius 3 is 2.50 bits per heavy atom. The lowest BCUT2D eigenvalue weighted by molar-refractivity contribution is -0.139. The highest BCUT2D eigenvalue weighted by Crippen LogP contribution is 2.60. The van der Waals surface area contributed by atoms with E-state index in [1.54, 1.807) is 0 Å². The van der Waals surface area contributed by atoms with Crippen LogP contribution in [-0.4, -0.2) is 17.4 Å². The van der Waals surface area contributed by atoms with Crippen molar-refractivity contribution >= 4 is 12.3 Å². The van der Waals surface area contributed by atoms with E-state index >= 15 is 0 Å². The molecule has 2 atom stereocenters. The molecule has 0 amide bonds. The summed E-state index contributed by atoms with van der Waals surface area (Å²) < 4.78 is 0. The van der Waals surface area contributed by atoms with Crippen LogP contribution in [0.3, 0.4) is 0 Å². The molecule has 1 aliphatic rings. The average Bonchev–Trinajstić information content (AvgIpc) is 2.49. The third-order valence-corrected chi connectivity index (χ3v) is 2.91. The minimum Gasteiger partial charge on any atom is -0.481 e. The molecule has 0 unspecified atom stereocenters. The summed E-state index contributed by atoms with van der Waals surface area (Å²) in [6.07, 6.45) is 2.05. The van der Waals surface area contributed by atoms with Crippen LogP contribution < -0.4 is 0 Å². The van der Waals surface area contributed by atoms with Crippen LogP contribution in [0.15, 0.2) is 0 Å². The highest BCUT2D eigenvalue weighted by molar-refractivity contribution is 5.75. The highest BCUT2D eigenvalue weighted by atomic mass is 16.4. The lowest BCUT2D eigenvalue weighted by Crippen LogP contribution is -2.03. The van der Waals surface area contributed by atoms with Crippen LogP contribution in [-0.2, 0) is 9.59 Å². The molecule has 0 aromatic heterocycles. The summed E-state index contributed by atoms with van der Waals surface area (Å²) in [6.45, 7) is 3.89. The Hall–Kier alpha value is -0.860. The zero-order valence-corrected chi connectivity index (χ0v) is 7.41. The van der Waals surface area contributed by atoms with E-state index in [-0.39, 0.29) is 17.3 Å². The molecule has 0 saturated heterocycles. The summed E-state index contributed by atoms with van der Waals surface area (Å²) in [6, 6.07) is 0. The van der Waals surface area contributed by atoms with E-state index in [4.69, 9.17) is 5.11 Å². The Morgan fingerprint density at radius 1 is 1.58 bits per heavy atom. The number of carbonyl (C=O) groups is 2. The minimum absolute atomic E-state index is 0.102. The normalized spacial score (nSPS) is 31.2.